The Morgan fingerprint density at radius 3 is 2.24 bits per heavy atom. The monoisotopic (exact) mass is 298 g/mol. The highest BCUT2D eigenvalue weighted by Gasteiger charge is 2.43. The summed E-state index contributed by atoms with van der Waals surface area (Å²) in [7, 11) is 0. The van der Waals surface area contributed by atoms with Gasteiger partial charge in [-0.25, -0.2) is 4.79 Å². The molecule has 0 atom stereocenters. The van der Waals surface area contributed by atoms with Gasteiger partial charge in [-0.2, -0.15) is 0 Å². The van der Waals surface area contributed by atoms with Crippen molar-refractivity contribution in [3.8, 4) is 0 Å². The molecule has 2 fully saturated rings. The Morgan fingerprint density at radius 1 is 1.14 bits per heavy atom. The minimum Gasteiger partial charge on any atom is -0.480 e. The van der Waals surface area contributed by atoms with Crippen molar-refractivity contribution in [3.05, 3.63) is 0 Å². The molecular weight excluding hydrogens is 272 g/mol. The number of carboxylic acids is 1. The lowest BCUT2D eigenvalue weighted by molar-refractivity contribution is -0.138. The summed E-state index contributed by atoms with van der Waals surface area (Å²) in [5.41, 5.74) is -0.302. The van der Waals surface area contributed by atoms with E-state index in [1.807, 2.05) is 25.7 Å². The minimum atomic E-state index is -0.771. The summed E-state index contributed by atoms with van der Waals surface area (Å²) in [6, 6.07) is 0. The molecule has 0 aromatic rings. The van der Waals surface area contributed by atoms with E-state index in [1.165, 1.54) is 0 Å². The smallest absolute Gasteiger partial charge is 0.410 e. The molecule has 0 bridgehead atoms. The number of aliphatic carboxylic acids is 1. The van der Waals surface area contributed by atoms with E-state index in [1.54, 1.807) is 4.90 Å². The van der Waals surface area contributed by atoms with Crippen LogP contribution in [0.15, 0.2) is 0 Å². The third kappa shape index (κ3) is 4.33. The van der Waals surface area contributed by atoms with Crippen molar-refractivity contribution in [2.75, 3.05) is 32.7 Å². The van der Waals surface area contributed by atoms with Crippen molar-refractivity contribution in [2.24, 2.45) is 5.41 Å². The van der Waals surface area contributed by atoms with Gasteiger partial charge in [-0.05, 0) is 58.5 Å². The molecule has 2 aliphatic rings. The maximum Gasteiger partial charge on any atom is 0.410 e. The fourth-order valence-electron chi connectivity index (χ4n) is 3.20. The van der Waals surface area contributed by atoms with E-state index >= 15 is 0 Å². The zero-order valence-electron chi connectivity index (χ0n) is 13.2. The van der Waals surface area contributed by atoms with Crippen molar-refractivity contribution in [3.63, 3.8) is 0 Å². The Kier molecular flexibility index (Phi) is 4.46. The largest absolute Gasteiger partial charge is 0.480 e. The number of likely N-dealkylation sites (tertiary alicyclic amines) is 2. The normalized spacial score (nSPS) is 22.5. The van der Waals surface area contributed by atoms with E-state index in [4.69, 9.17) is 9.84 Å². The Hall–Kier alpha value is -1.30. The van der Waals surface area contributed by atoms with Crippen LogP contribution in [0.2, 0.25) is 0 Å². The zero-order valence-corrected chi connectivity index (χ0v) is 13.2. The summed E-state index contributed by atoms with van der Waals surface area (Å²) in [6.45, 7) is 8.83. The van der Waals surface area contributed by atoms with Gasteiger partial charge in [0.2, 0.25) is 0 Å². The standard InChI is InChI=1S/C15H26N2O4/c1-14(2,3)21-13(20)17-9-6-15(11-17)4-7-16(8-5-15)10-12(18)19/h4-11H2,1-3H3,(H,18,19). The molecule has 2 rings (SSSR count). The van der Waals surface area contributed by atoms with Crippen LogP contribution in [0.5, 0.6) is 0 Å². The highest BCUT2D eigenvalue weighted by atomic mass is 16.6. The molecule has 0 unspecified atom stereocenters. The molecule has 6 nitrogen and oxygen atoms in total. The third-order valence-corrected chi connectivity index (χ3v) is 4.37. The maximum absolute atomic E-state index is 12.1. The number of piperidine rings is 1. The van der Waals surface area contributed by atoms with Gasteiger partial charge in [0.1, 0.15) is 5.60 Å². The number of carboxylic acid groups (broad SMARTS) is 1. The lowest BCUT2D eigenvalue weighted by Crippen LogP contribution is -2.44. The second-order valence-electron chi connectivity index (χ2n) is 7.32. The maximum atomic E-state index is 12.1. The first-order chi connectivity index (χ1) is 9.69. The van der Waals surface area contributed by atoms with Gasteiger partial charge in [-0.3, -0.25) is 9.69 Å². The number of hydrogen-bond donors (Lipinski definition) is 1. The molecule has 21 heavy (non-hydrogen) atoms. The third-order valence-electron chi connectivity index (χ3n) is 4.37. The van der Waals surface area contributed by atoms with E-state index in [9.17, 15) is 9.59 Å². The number of carbonyl (C=O) groups is 2. The molecule has 2 saturated heterocycles. The van der Waals surface area contributed by atoms with Gasteiger partial charge in [-0.1, -0.05) is 0 Å². The summed E-state index contributed by atoms with van der Waals surface area (Å²) in [4.78, 5) is 26.6. The van der Waals surface area contributed by atoms with E-state index in [0.29, 0.717) is 0 Å². The van der Waals surface area contributed by atoms with Crippen LogP contribution < -0.4 is 0 Å². The lowest BCUT2D eigenvalue weighted by atomic mass is 9.78. The second-order valence-corrected chi connectivity index (χ2v) is 7.32. The van der Waals surface area contributed by atoms with Gasteiger partial charge in [0.15, 0.2) is 0 Å². The summed E-state index contributed by atoms with van der Waals surface area (Å²) in [5, 5.41) is 8.83. The van der Waals surface area contributed by atoms with Crippen LogP contribution in [-0.2, 0) is 9.53 Å². The molecule has 0 aromatic heterocycles. The number of hydrogen-bond acceptors (Lipinski definition) is 4. The second kappa shape index (κ2) is 5.83. The molecule has 2 aliphatic heterocycles. The van der Waals surface area contributed by atoms with Gasteiger partial charge in [-0.15, -0.1) is 0 Å². The van der Waals surface area contributed by atoms with Crippen LogP contribution in [0.1, 0.15) is 40.0 Å². The van der Waals surface area contributed by atoms with Gasteiger partial charge in [0.25, 0.3) is 0 Å². The highest BCUT2D eigenvalue weighted by molar-refractivity contribution is 5.69. The SMILES string of the molecule is CC(C)(C)OC(=O)N1CCC2(CCN(CC(=O)O)CC2)C1. The summed E-state index contributed by atoms with van der Waals surface area (Å²) >= 11 is 0. The van der Waals surface area contributed by atoms with E-state index < -0.39 is 11.6 Å². The van der Waals surface area contributed by atoms with E-state index in [2.05, 4.69) is 0 Å². The summed E-state index contributed by atoms with van der Waals surface area (Å²) in [5.74, 6) is -0.771. The predicted molar refractivity (Wildman–Crippen MR) is 78.2 cm³/mol. The molecule has 1 N–H and O–H groups in total. The van der Waals surface area contributed by atoms with Crippen molar-refractivity contribution in [1.82, 2.24) is 9.80 Å². The number of rotatable bonds is 2. The number of ether oxygens (including phenoxy) is 1. The quantitative estimate of drug-likeness (QED) is 0.841. The first-order valence-electron chi connectivity index (χ1n) is 7.61. The summed E-state index contributed by atoms with van der Waals surface area (Å²) < 4.78 is 5.43. The van der Waals surface area contributed by atoms with Crippen molar-refractivity contribution >= 4 is 12.1 Å². The lowest BCUT2D eigenvalue weighted by Gasteiger charge is -2.38. The molecule has 1 amide bonds. The number of carbonyl (C=O) groups excluding carboxylic acids is 1. The first kappa shape index (κ1) is 16.1. The van der Waals surface area contributed by atoms with E-state index in [-0.39, 0.29) is 18.1 Å². The Bertz CT molecular complexity index is 408. The van der Waals surface area contributed by atoms with Crippen LogP contribution in [0.4, 0.5) is 4.79 Å². The highest BCUT2D eigenvalue weighted by Crippen LogP contribution is 2.40. The Morgan fingerprint density at radius 2 is 1.71 bits per heavy atom. The number of amides is 1. The van der Waals surface area contributed by atoms with Crippen molar-refractivity contribution < 1.29 is 19.4 Å². The Labute approximate surface area is 126 Å². The molecular formula is C15H26N2O4. The van der Waals surface area contributed by atoms with Crippen LogP contribution in [0.3, 0.4) is 0 Å². The average molecular weight is 298 g/mol. The molecule has 0 aliphatic carbocycles. The molecule has 0 saturated carbocycles. The van der Waals surface area contributed by atoms with E-state index in [0.717, 1.165) is 45.4 Å². The molecule has 120 valence electrons. The zero-order chi connectivity index (χ0) is 15.7. The average Bonchev–Trinajstić information content (AvgIpc) is 2.74. The summed E-state index contributed by atoms with van der Waals surface area (Å²) in [6.07, 6.45) is 2.68. The van der Waals surface area contributed by atoms with Gasteiger partial charge in [0.05, 0.1) is 6.54 Å². The fraction of sp³-hybridized carbons (Fsp3) is 0.867. The van der Waals surface area contributed by atoms with Crippen LogP contribution >= 0.6 is 0 Å². The Balaban J connectivity index is 1.85. The molecule has 6 heteroatoms. The van der Waals surface area contributed by atoms with Gasteiger partial charge < -0.3 is 14.7 Å². The van der Waals surface area contributed by atoms with Crippen LogP contribution in [0, 0.1) is 5.41 Å². The van der Waals surface area contributed by atoms with Crippen molar-refractivity contribution in [1.29, 1.82) is 0 Å². The first-order valence-corrected chi connectivity index (χ1v) is 7.61. The molecule has 0 aromatic carbocycles. The van der Waals surface area contributed by atoms with Crippen molar-refractivity contribution in [2.45, 2.75) is 45.6 Å². The van der Waals surface area contributed by atoms with Crippen LogP contribution in [0.25, 0.3) is 0 Å². The van der Waals surface area contributed by atoms with Gasteiger partial charge in [0, 0.05) is 13.1 Å². The predicted octanol–water partition coefficient (Wildman–Crippen LogP) is 1.79. The molecule has 1 spiro atoms. The van der Waals surface area contributed by atoms with Crippen LogP contribution in [-0.4, -0.2) is 65.3 Å². The topological polar surface area (TPSA) is 70.1 Å². The minimum absolute atomic E-state index is 0.117. The molecule has 0 radical (unpaired) electrons. The number of nitrogens with zero attached hydrogens (tertiary/aromatic N) is 2. The fourth-order valence-corrected chi connectivity index (χ4v) is 3.20. The van der Waals surface area contributed by atoms with Gasteiger partial charge >= 0.3 is 12.1 Å². The molecule has 2 heterocycles.